The Bertz CT molecular complexity index is 4780. The number of fused-ring (bicyclic) bond motifs is 8. The zero-order chi connectivity index (χ0) is 50.1. The molecule has 0 aromatic heterocycles. The van der Waals surface area contributed by atoms with Crippen LogP contribution in [0.3, 0.4) is 0 Å². The van der Waals surface area contributed by atoms with Gasteiger partial charge in [-0.1, -0.05) is 255 Å². The van der Waals surface area contributed by atoms with E-state index in [9.17, 15) is 0 Å². The molecule has 0 heterocycles. The third-order valence-corrected chi connectivity index (χ3v) is 16.0. The van der Waals surface area contributed by atoms with Gasteiger partial charge in [0.1, 0.15) is 0 Å². The summed E-state index contributed by atoms with van der Waals surface area (Å²) in [4.78, 5) is 0. The highest BCUT2D eigenvalue weighted by Gasteiger charge is 2.24. The molecule has 0 aliphatic rings. The van der Waals surface area contributed by atoms with Crippen LogP contribution in [0, 0.1) is 0 Å². The minimum absolute atomic E-state index is 1.18. The van der Waals surface area contributed by atoms with Gasteiger partial charge < -0.3 is 0 Å². The van der Waals surface area contributed by atoms with Gasteiger partial charge in [-0.15, -0.1) is 0 Å². The van der Waals surface area contributed by atoms with E-state index < -0.39 is 0 Å². The molecule has 0 spiro atoms. The van der Waals surface area contributed by atoms with Crippen molar-refractivity contribution < 1.29 is 0 Å². The van der Waals surface area contributed by atoms with Crippen molar-refractivity contribution in [2.24, 2.45) is 0 Å². The van der Waals surface area contributed by atoms with E-state index in [1.54, 1.807) is 0 Å². The van der Waals surface area contributed by atoms with Gasteiger partial charge >= 0.3 is 0 Å². The molecule has 352 valence electrons. The maximum absolute atomic E-state index is 2.56. The summed E-state index contributed by atoms with van der Waals surface area (Å²) in [6.07, 6.45) is 0. The molecule has 0 fully saturated rings. The summed E-state index contributed by atoms with van der Waals surface area (Å²) in [6.45, 7) is 0. The maximum atomic E-state index is 2.56. The minimum atomic E-state index is 1.18. The van der Waals surface area contributed by atoms with Crippen LogP contribution in [0.2, 0.25) is 0 Å². The summed E-state index contributed by atoms with van der Waals surface area (Å²) >= 11 is 0. The van der Waals surface area contributed by atoms with Crippen molar-refractivity contribution >= 4 is 75.4 Å². The van der Waals surface area contributed by atoms with Crippen LogP contribution in [0.1, 0.15) is 0 Å². The largest absolute Gasteiger partial charge is 0.0622 e. The Balaban J connectivity index is 1.12. The number of hydrogen-bond acceptors (Lipinski definition) is 0. The standard InChI is InChI=1S/C76H48/c1-3-19-49(20-4-1)55-41-42-67-69(46-55)74(59-32-16-30-57(45-59)64-38-18-28-52-23-10-12-34-62(52)64)71-47-68-65-35-13-14-36-66(65)76(60-40-39-50-21-7-8-26-54(50)43-60)75(53-24-5-2-6-25-53)70(68)48-72(71)73(67)58-31-15-29-56(44-58)63-37-17-27-51-22-9-11-33-61(51)63/h1-48H. The van der Waals surface area contributed by atoms with Gasteiger partial charge in [-0.3, -0.25) is 0 Å². The van der Waals surface area contributed by atoms with E-state index in [4.69, 9.17) is 0 Å². The molecule has 15 aromatic carbocycles. The summed E-state index contributed by atoms with van der Waals surface area (Å²) in [5.74, 6) is 0. The fourth-order valence-corrected chi connectivity index (χ4v) is 12.5. The Morgan fingerprint density at radius 1 is 0.132 bits per heavy atom. The topological polar surface area (TPSA) is 0 Å². The molecule has 15 aromatic rings. The first-order valence-corrected chi connectivity index (χ1v) is 26.4. The summed E-state index contributed by atoms with van der Waals surface area (Å²) in [6, 6.07) is 109. The van der Waals surface area contributed by atoms with Gasteiger partial charge in [0.05, 0.1) is 0 Å². The van der Waals surface area contributed by atoms with Gasteiger partial charge in [0.25, 0.3) is 0 Å². The first-order chi connectivity index (χ1) is 37.7. The normalized spacial score (nSPS) is 11.7. The van der Waals surface area contributed by atoms with Crippen LogP contribution in [0.25, 0.3) is 153 Å². The SMILES string of the molecule is c1ccc(-c2ccc3c(-c4cccc(-c5cccc6ccccc56)c4)c4cc5c(-c6ccccc6)c(-c6ccc7ccccc7c6)c6ccccc6c5cc4c(-c4cccc(-c5cccc6ccccc56)c4)c3c2)cc1. The van der Waals surface area contributed by atoms with E-state index in [1.165, 1.54) is 153 Å². The number of rotatable bonds is 7. The van der Waals surface area contributed by atoms with Crippen LogP contribution >= 0.6 is 0 Å². The first kappa shape index (κ1) is 43.7. The second kappa shape index (κ2) is 18.0. The Morgan fingerprint density at radius 3 is 1.17 bits per heavy atom. The van der Waals surface area contributed by atoms with Crippen molar-refractivity contribution in [3.05, 3.63) is 291 Å². The van der Waals surface area contributed by atoms with E-state index in [0.717, 1.165) is 0 Å². The average Bonchev–Trinajstić information content (AvgIpc) is 3.63. The van der Waals surface area contributed by atoms with Gasteiger partial charge in [-0.05, 0) is 190 Å². The van der Waals surface area contributed by atoms with E-state index in [-0.39, 0.29) is 0 Å². The summed E-state index contributed by atoms with van der Waals surface area (Å²) < 4.78 is 0. The highest BCUT2D eigenvalue weighted by atomic mass is 14.3. The molecule has 0 heteroatoms. The van der Waals surface area contributed by atoms with Crippen LogP contribution in [-0.2, 0) is 0 Å². The molecule has 0 bridgehead atoms. The lowest BCUT2D eigenvalue weighted by Crippen LogP contribution is -1.96. The van der Waals surface area contributed by atoms with Crippen molar-refractivity contribution in [2.75, 3.05) is 0 Å². The molecule has 0 amide bonds. The van der Waals surface area contributed by atoms with Gasteiger partial charge in [-0.25, -0.2) is 0 Å². The fraction of sp³-hybridized carbons (Fsp3) is 0. The summed E-state index contributed by atoms with van der Waals surface area (Å²) in [5.41, 5.74) is 16.9. The van der Waals surface area contributed by atoms with Crippen molar-refractivity contribution in [2.45, 2.75) is 0 Å². The van der Waals surface area contributed by atoms with E-state index >= 15 is 0 Å². The van der Waals surface area contributed by atoms with Crippen molar-refractivity contribution in [3.63, 3.8) is 0 Å². The monoisotopic (exact) mass is 960 g/mol. The molecule has 76 heavy (non-hydrogen) atoms. The number of benzene rings is 15. The third kappa shape index (κ3) is 7.22. The molecule has 0 N–H and O–H groups in total. The maximum Gasteiger partial charge on any atom is -0.00201 e. The molecular weight excluding hydrogens is 913 g/mol. The number of hydrogen-bond donors (Lipinski definition) is 0. The molecular formula is C76H48. The zero-order valence-electron chi connectivity index (χ0n) is 41.7. The van der Waals surface area contributed by atoms with E-state index in [1.807, 2.05) is 0 Å². The van der Waals surface area contributed by atoms with Gasteiger partial charge in [0.2, 0.25) is 0 Å². The van der Waals surface area contributed by atoms with Crippen LogP contribution in [0.5, 0.6) is 0 Å². The predicted octanol–water partition coefficient (Wildman–Crippen LogP) is 21.4. The average molecular weight is 961 g/mol. The lowest BCUT2D eigenvalue weighted by molar-refractivity contribution is 1.61. The van der Waals surface area contributed by atoms with Gasteiger partial charge in [-0.2, -0.15) is 0 Å². The smallest absolute Gasteiger partial charge is 0.00201 e. The molecule has 0 saturated carbocycles. The molecule has 0 atom stereocenters. The van der Waals surface area contributed by atoms with Crippen molar-refractivity contribution in [1.82, 2.24) is 0 Å². The molecule has 0 aliphatic heterocycles. The Morgan fingerprint density at radius 2 is 0.526 bits per heavy atom. The van der Waals surface area contributed by atoms with Crippen LogP contribution < -0.4 is 0 Å². The zero-order valence-corrected chi connectivity index (χ0v) is 41.7. The lowest BCUT2D eigenvalue weighted by atomic mass is 9.80. The molecule has 0 aliphatic carbocycles. The summed E-state index contributed by atoms with van der Waals surface area (Å²) in [5, 5.41) is 17.2. The lowest BCUT2D eigenvalue weighted by Gasteiger charge is -2.23. The Hall–Kier alpha value is -9.88. The van der Waals surface area contributed by atoms with Gasteiger partial charge in [0.15, 0.2) is 0 Å². The van der Waals surface area contributed by atoms with Crippen molar-refractivity contribution in [1.29, 1.82) is 0 Å². The second-order valence-corrected chi connectivity index (χ2v) is 20.3. The van der Waals surface area contributed by atoms with E-state index in [0.29, 0.717) is 0 Å². The van der Waals surface area contributed by atoms with Gasteiger partial charge in [0, 0.05) is 0 Å². The Labute approximate surface area is 442 Å². The Kier molecular flexibility index (Phi) is 10.3. The molecule has 0 saturated heterocycles. The molecule has 0 unspecified atom stereocenters. The highest BCUT2D eigenvalue weighted by Crippen LogP contribution is 2.51. The quantitative estimate of drug-likeness (QED) is 0.110. The molecule has 0 nitrogen and oxygen atoms in total. The molecule has 0 radical (unpaired) electrons. The molecule has 15 rings (SSSR count). The third-order valence-electron chi connectivity index (χ3n) is 16.0. The van der Waals surface area contributed by atoms with Crippen molar-refractivity contribution in [3.8, 4) is 77.9 Å². The van der Waals surface area contributed by atoms with E-state index in [2.05, 4.69) is 291 Å². The second-order valence-electron chi connectivity index (χ2n) is 20.3. The highest BCUT2D eigenvalue weighted by molar-refractivity contribution is 6.30. The van der Waals surface area contributed by atoms with Crippen LogP contribution in [0.15, 0.2) is 291 Å². The van der Waals surface area contributed by atoms with Crippen LogP contribution in [0.4, 0.5) is 0 Å². The predicted molar refractivity (Wildman–Crippen MR) is 327 cm³/mol. The minimum Gasteiger partial charge on any atom is -0.0622 e. The van der Waals surface area contributed by atoms with Crippen LogP contribution in [-0.4, -0.2) is 0 Å². The fourth-order valence-electron chi connectivity index (χ4n) is 12.5. The first-order valence-electron chi connectivity index (χ1n) is 26.4. The summed E-state index contributed by atoms with van der Waals surface area (Å²) in [7, 11) is 0.